The molecular formula is C26H30N8O5S. The van der Waals surface area contributed by atoms with Gasteiger partial charge < -0.3 is 31.7 Å². The second-order valence-corrected chi connectivity index (χ2v) is 11.0. The van der Waals surface area contributed by atoms with Crippen LogP contribution < -0.4 is 21.5 Å². The van der Waals surface area contributed by atoms with Gasteiger partial charge in [0.05, 0.1) is 6.33 Å². The van der Waals surface area contributed by atoms with Crippen molar-refractivity contribution in [3.8, 4) is 0 Å². The monoisotopic (exact) mass is 566 g/mol. The predicted octanol–water partition coefficient (Wildman–Crippen LogP) is 1.51. The van der Waals surface area contributed by atoms with Crippen LogP contribution in [-0.4, -0.2) is 63.0 Å². The topological polar surface area (TPSA) is 204 Å². The lowest BCUT2D eigenvalue weighted by Gasteiger charge is -2.17. The van der Waals surface area contributed by atoms with Crippen LogP contribution in [0.2, 0.25) is 0 Å². The molecule has 0 unspecified atom stereocenters. The SMILES string of the molecule is CCc1cccc(Nc2nc(N)c3ncn([C@@H]4O[C@H](CNS(=O)(=O)/C=C/c5ccccc5N)[C@@H](O)[C@H]4O)c3n2)c1. The number of ether oxygens (including phenoxy) is 1. The first kappa shape index (κ1) is 27.5. The molecule has 0 bridgehead atoms. The maximum Gasteiger partial charge on any atom is 0.233 e. The van der Waals surface area contributed by atoms with Crippen LogP contribution in [0.3, 0.4) is 0 Å². The van der Waals surface area contributed by atoms with Crippen LogP contribution in [-0.2, 0) is 21.2 Å². The number of rotatable bonds is 9. The highest BCUT2D eigenvalue weighted by molar-refractivity contribution is 7.92. The summed E-state index contributed by atoms with van der Waals surface area (Å²) in [5.41, 5.74) is 15.4. The molecule has 0 spiro atoms. The first-order valence-corrected chi connectivity index (χ1v) is 14.1. The quantitative estimate of drug-likeness (QED) is 0.160. The molecule has 0 radical (unpaired) electrons. The number of para-hydroxylation sites is 1. The highest BCUT2D eigenvalue weighted by Gasteiger charge is 2.44. The van der Waals surface area contributed by atoms with Crippen LogP contribution in [0.25, 0.3) is 17.2 Å². The Kier molecular flexibility index (Phi) is 7.69. The zero-order chi connectivity index (χ0) is 28.4. The first-order valence-electron chi connectivity index (χ1n) is 12.5. The summed E-state index contributed by atoms with van der Waals surface area (Å²) >= 11 is 0. The average Bonchev–Trinajstić information content (AvgIpc) is 3.48. The fourth-order valence-electron chi connectivity index (χ4n) is 4.38. The lowest BCUT2D eigenvalue weighted by molar-refractivity contribution is -0.0329. The predicted molar refractivity (Wildman–Crippen MR) is 152 cm³/mol. The van der Waals surface area contributed by atoms with Crippen LogP contribution in [0.5, 0.6) is 0 Å². The van der Waals surface area contributed by atoms with E-state index < -0.39 is 34.6 Å². The van der Waals surface area contributed by atoms with Crippen molar-refractivity contribution in [2.24, 2.45) is 0 Å². The lowest BCUT2D eigenvalue weighted by atomic mass is 10.1. The van der Waals surface area contributed by atoms with Crippen LogP contribution in [0, 0.1) is 0 Å². The Morgan fingerprint density at radius 1 is 1.10 bits per heavy atom. The van der Waals surface area contributed by atoms with Gasteiger partial charge in [0.25, 0.3) is 0 Å². The third-order valence-corrected chi connectivity index (χ3v) is 7.62. The largest absolute Gasteiger partial charge is 0.398 e. The van der Waals surface area contributed by atoms with Gasteiger partial charge in [-0.1, -0.05) is 37.3 Å². The van der Waals surface area contributed by atoms with E-state index in [1.54, 1.807) is 24.3 Å². The summed E-state index contributed by atoms with van der Waals surface area (Å²) in [6, 6.07) is 14.6. The summed E-state index contributed by atoms with van der Waals surface area (Å²) in [4.78, 5) is 13.0. The molecule has 13 nitrogen and oxygen atoms in total. The van der Waals surface area contributed by atoms with Gasteiger partial charge in [-0.15, -0.1) is 0 Å². The highest BCUT2D eigenvalue weighted by atomic mass is 32.2. The molecule has 0 saturated carbocycles. The van der Waals surface area contributed by atoms with E-state index in [0.29, 0.717) is 11.3 Å². The second-order valence-electron chi connectivity index (χ2n) is 9.31. The van der Waals surface area contributed by atoms with Gasteiger partial charge in [0, 0.05) is 23.3 Å². The molecule has 0 amide bonds. The van der Waals surface area contributed by atoms with Crippen molar-refractivity contribution in [2.45, 2.75) is 37.9 Å². The Labute approximate surface area is 230 Å². The van der Waals surface area contributed by atoms with Gasteiger partial charge in [-0.05, 0) is 41.8 Å². The number of anilines is 4. The number of aromatic nitrogens is 4. The summed E-state index contributed by atoms with van der Waals surface area (Å²) in [6.45, 7) is 1.76. The molecule has 8 N–H and O–H groups in total. The number of aliphatic hydroxyl groups excluding tert-OH is 2. The maximum atomic E-state index is 12.5. The van der Waals surface area contributed by atoms with Gasteiger partial charge in [-0.2, -0.15) is 9.97 Å². The summed E-state index contributed by atoms with van der Waals surface area (Å²) < 4.78 is 34.7. The molecule has 40 heavy (non-hydrogen) atoms. The van der Waals surface area contributed by atoms with Gasteiger partial charge >= 0.3 is 0 Å². The molecule has 14 heteroatoms. The third kappa shape index (κ3) is 5.76. The van der Waals surface area contributed by atoms with Gasteiger partial charge in [0.15, 0.2) is 17.7 Å². The van der Waals surface area contributed by atoms with Crippen LogP contribution in [0.4, 0.5) is 23.1 Å². The van der Waals surface area contributed by atoms with Crippen LogP contribution >= 0.6 is 0 Å². The summed E-state index contributed by atoms with van der Waals surface area (Å²) in [5.74, 6) is 0.323. The molecule has 1 aliphatic heterocycles. The van der Waals surface area contributed by atoms with Crippen LogP contribution in [0.1, 0.15) is 24.3 Å². The van der Waals surface area contributed by atoms with Gasteiger partial charge in [0.2, 0.25) is 16.0 Å². The molecule has 3 heterocycles. The normalized spacial score (nSPS) is 21.4. The summed E-state index contributed by atoms with van der Waals surface area (Å²) in [5, 5.41) is 25.5. The maximum absolute atomic E-state index is 12.5. The highest BCUT2D eigenvalue weighted by Crippen LogP contribution is 2.32. The number of sulfonamides is 1. The van der Waals surface area contributed by atoms with Crippen molar-refractivity contribution in [1.82, 2.24) is 24.2 Å². The van der Waals surface area contributed by atoms with E-state index in [-0.39, 0.29) is 29.5 Å². The van der Waals surface area contributed by atoms with Crippen molar-refractivity contribution in [3.63, 3.8) is 0 Å². The second kappa shape index (κ2) is 11.2. The van der Waals surface area contributed by atoms with E-state index in [1.807, 2.05) is 24.3 Å². The molecule has 2 aromatic heterocycles. The third-order valence-electron chi connectivity index (χ3n) is 6.56. The number of nitrogens with one attached hydrogen (secondary N) is 2. The number of nitrogens with two attached hydrogens (primary N) is 2. The van der Waals surface area contributed by atoms with E-state index >= 15 is 0 Å². The van der Waals surface area contributed by atoms with Gasteiger partial charge in [-0.25, -0.2) is 18.1 Å². The molecule has 1 fully saturated rings. The van der Waals surface area contributed by atoms with Crippen molar-refractivity contribution >= 4 is 50.4 Å². The number of hydrogen-bond donors (Lipinski definition) is 6. The van der Waals surface area contributed by atoms with E-state index in [1.165, 1.54) is 17.0 Å². The Bertz CT molecular complexity index is 1660. The molecule has 0 aliphatic carbocycles. The van der Waals surface area contributed by atoms with Crippen molar-refractivity contribution < 1.29 is 23.4 Å². The Morgan fingerprint density at radius 2 is 1.90 bits per heavy atom. The first-order chi connectivity index (χ1) is 19.1. The summed E-state index contributed by atoms with van der Waals surface area (Å²) in [6.07, 6.45) is -1.37. The number of nitrogen functional groups attached to an aromatic ring is 2. The smallest absolute Gasteiger partial charge is 0.233 e. The zero-order valence-corrected chi connectivity index (χ0v) is 22.4. The molecule has 4 aromatic rings. The minimum atomic E-state index is -3.90. The van der Waals surface area contributed by atoms with Gasteiger partial charge in [-0.3, -0.25) is 4.57 Å². The molecule has 1 aliphatic rings. The van der Waals surface area contributed by atoms with Crippen molar-refractivity contribution in [1.29, 1.82) is 0 Å². The lowest BCUT2D eigenvalue weighted by Crippen LogP contribution is -2.39. The number of aryl methyl sites for hydroxylation is 1. The number of nitrogens with zero attached hydrogens (tertiary/aromatic N) is 4. The number of fused-ring (bicyclic) bond motifs is 1. The molecule has 5 rings (SSSR count). The minimum absolute atomic E-state index is 0.112. The van der Waals surface area contributed by atoms with E-state index in [4.69, 9.17) is 16.2 Å². The Balaban J connectivity index is 1.32. The summed E-state index contributed by atoms with van der Waals surface area (Å²) in [7, 11) is -3.90. The number of benzene rings is 2. The fraction of sp³-hybridized carbons (Fsp3) is 0.269. The number of hydrogen-bond acceptors (Lipinski definition) is 11. The van der Waals surface area contributed by atoms with E-state index in [2.05, 4.69) is 31.9 Å². The van der Waals surface area contributed by atoms with Crippen LogP contribution in [0.15, 0.2) is 60.3 Å². The van der Waals surface area contributed by atoms with Crippen molar-refractivity contribution in [2.75, 3.05) is 23.3 Å². The molecule has 210 valence electrons. The minimum Gasteiger partial charge on any atom is -0.398 e. The molecular weight excluding hydrogens is 536 g/mol. The van der Waals surface area contributed by atoms with E-state index in [9.17, 15) is 18.6 Å². The average molecular weight is 567 g/mol. The number of imidazole rings is 1. The standard InChI is InChI=1S/C26H30N8O5S/c1-2-15-6-5-8-17(12-15)31-26-32-23(28)20-24(33-26)34(14-29-20)25-22(36)21(35)19(39-25)13-30-40(37,38)11-10-16-7-3-4-9-18(16)27/h3-12,14,19,21-22,25,30,35-36H,2,13,27H2,1H3,(H3,28,31,32,33)/b11-10+/t19-,21-,22-,25-/m1/s1. The fourth-order valence-corrected chi connectivity index (χ4v) is 5.20. The van der Waals surface area contributed by atoms with E-state index in [0.717, 1.165) is 23.1 Å². The molecule has 2 aromatic carbocycles. The molecule has 4 atom stereocenters. The zero-order valence-electron chi connectivity index (χ0n) is 21.5. The molecule has 1 saturated heterocycles. The number of aliphatic hydroxyl groups is 2. The van der Waals surface area contributed by atoms with Gasteiger partial charge in [0.1, 0.15) is 23.8 Å². The van der Waals surface area contributed by atoms with Crippen molar-refractivity contribution in [3.05, 3.63) is 71.4 Å². The Hall–Kier alpha value is -4.08. The Morgan fingerprint density at radius 3 is 2.67 bits per heavy atom.